The van der Waals surface area contributed by atoms with Crippen molar-refractivity contribution in [1.29, 1.82) is 0 Å². The minimum atomic E-state index is 1.05. The summed E-state index contributed by atoms with van der Waals surface area (Å²) >= 11 is 0. The zero-order valence-electron chi connectivity index (χ0n) is 15.6. The largest absolute Gasteiger partial charge is 0.353 e. The fourth-order valence-electron chi connectivity index (χ4n) is 4.74. The Kier molecular flexibility index (Phi) is 3.39. The molecule has 0 aliphatic heterocycles. The maximum atomic E-state index is 5.17. The van der Waals surface area contributed by atoms with Gasteiger partial charge in [0.05, 0.1) is 16.9 Å². The highest BCUT2D eigenvalue weighted by atomic mass is 14.8. The molecule has 0 saturated heterocycles. The molecule has 0 bridgehead atoms. The highest BCUT2D eigenvalue weighted by molar-refractivity contribution is 6.01. The Balaban J connectivity index is 1.76. The van der Waals surface area contributed by atoms with Gasteiger partial charge in [0.2, 0.25) is 0 Å². The molecule has 1 N–H and O–H groups in total. The smallest absolute Gasteiger partial charge is 0.0913 e. The van der Waals surface area contributed by atoms with Gasteiger partial charge in [0.15, 0.2) is 0 Å². The summed E-state index contributed by atoms with van der Waals surface area (Å²) in [6.07, 6.45) is 3.27. The summed E-state index contributed by atoms with van der Waals surface area (Å²) in [5, 5.41) is 2.58. The summed E-state index contributed by atoms with van der Waals surface area (Å²) in [5.41, 5.74) is 10.00. The van der Waals surface area contributed by atoms with Gasteiger partial charge in [-0.3, -0.25) is 0 Å². The van der Waals surface area contributed by atoms with E-state index in [1.54, 1.807) is 0 Å². The van der Waals surface area contributed by atoms with E-state index in [1.807, 2.05) is 0 Å². The first-order chi connectivity index (χ1) is 13.9. The van der Waals surface area contributed by atoms with Gasteiger partial charge in [-0.15, -0.1) is 0 Å². The molecule has 0 radical (unpaired) electrons. The van der Waals surface area contributed by atoms with Crippen LogP contribution in [0.5, 0.6) is 0 Å². The van der Waals surface area contributed by atoms with Gasteiger partial charge in [-0.1, -0.05) is 66.7 Å². The summed E-state index contributed by atoms with van der Waals surface area (Å²) in [7, 11) is 0. The second-order valence-electron chi connectivity index (χ2n) is 7.57. The Labute approximate surface area is 163 Å². The summed E-state index contributed by atoms with van der Waals surface area (Å²) in [6.45, 7) is 0. The van der Waals surface area contributed by atoms with Crippen LogP contribution < -0.4 is 0 Å². The van der Waals surface area contributed by atoms with Crippen molar-refractivity contribution in [2.45, 2.75) is 19.3 Å². The standard InChI is InChI=1S/C26H20N2/c1-2-9-17(10-3-1)24-20-12-5-7-16-23(20)28-26-21(24)14-8-13-19-18-11-4-6-15-22(18)27-25(19)26/h1-7,9-12,15-16,27H,8,13-14H2. The van der Waals surface area contributed by atoms with Gasteiger partial charge < -0.3 is 4.98 Å². The maximum Gasteiger partial charge on any atom is 0.0913 e. The molecule has 2 aromatic heterocycles. The van der Waals surface area contributed by atoms with Crippen molar-refractivity contribution in [1.82, 2.24) is 9.97 Å². The number of para-hydroxylation sites is 2. The highest BCUT2D eigenvalue weighted by Gasteiger charge is 2.24. The highest BCUT2D eigenvalue weighted by Crippen LogP contribution is 2.42. The molecular formula is C26H20N2. The summed E-state index contributed by atoms with van der Waals surface area (Å²) in [6, 6.07) is 28.0. The molecule has 3 aromatic carbocycles. The lowest BCUT2D eigenvalue weighted by Gasteiger charge is -2.16. The lowest BCUT2D eigenvalue weighted by Crippen LogP contribution is -1.98. The minimum Gasteiger partial charge on any atom is -0.353 e. The number of aromatic nitrogens is 2. The van der Waals surface area contributed by atoms with Crippen molar-refractivity contribution in [3.8, 4) is 22.5 Å². The second kappa shape index (κ2) is 6.07. The molecule has 6 rings (SSSR count). The van der Waals surface area contributed by atoms with Crippen molar-refractivity contribution >= 4 is 21.8 Å². The van der Waals surface area contributed by atoms with Crippen molar-refractivity contribution < 1.29 is 0 Å². The van der Waals surface area contributed by atoms with Gasteiger partial charge in [0.25, 0.3) is 0 Å². The molecule has 28 heavy (non-hydrogen) atoms. The number of pyridine rings is 1. The van der Waals surface area contributed by atoms with Gasteiger partial charge >= 0.3 is 0 Å². The van der Waals surface area contributed by atoms with Gasteiger partial charge in [-0.25, -0.2) is 4.98 Å². The topological polar surface area (TPSA) is 28.7 Å². The predicted octanol–water partition coefficient (Wildman–Crippen LogP) is 6.54. The minimum absolute atomic E-state index is 1.05. The molecule has 0 unspecified atom stereocenters. The number of aromatic amines is 1. The van der Waals surface area contributed by atoms with Crippen LogP contribution in [0.25, 0.3) is 44.3 Å². The van der Waals surface area contributed by atoms with Crippen molar-refractivity contribution in [2.75, 3.05) is 0 Å². The van der Waals surface area contributed by atoms with E-state index < -0.39 is 0 Å². The summed E-state index contributed by atoms with van der Waals surface area (Å²) in [4.78, 5) is 8.86. The molecule has 0 fully saturated rings. The quantitative estimate of drug-likeness (QED) is 0.361. The van der Waals surface area contributed by atoms with Crippen LogP contribution in [-0.4, -0.2) is 9.97 Å². The monoisotopic (exact) mass is 360 g/mol. The number of H-pyrrole nitrogens is 1. The zero-order valence-corrected chi connectivity index (χ0v) is 15.6. The van der Waals surface area contributed by atoms with Crippen molar-refractivity contribution in [3.05, 3.63) is 90.0 Å². The van der Waals surface area contributed by atoms with E-state index in [9.17, 15) is 0 Å². The second-order valence-corrected chi connectivity index (χ2v) is 7.57. The third kappa shape index (κ3) is 2.24. The van der Waals surface area contributed by atoms with Gasteiger partial charge in [0.1, 0.15) is 0 Å². The number of rotatable bonds is 1. The van der Waals surface area contributed by atoms with Gasteiger partial charge in [0, 0.05) is 16.3 Å². The Morgan fingerprint density at radius 2 is 1.39 bits per heavy atom. The van der Waals surface area contributed by atoms with E-state index in [0.29, 0.717) is 0 Å². The van der Waals surface area contributed by atoms with E-state index >= 15 is 0 Å². The molecule has 0 saturated carbocycles. The fourth-order valence-corrected chi connectivity index (χ4v) is 4.74. The van der Waals surface area contributed by atoms with Crippen LogP contribution in [0.4, 0.5) is 0 Å². The Morgan fingerprint density at radius 1 is 0.679 bits per heavy atom. The van der Waals surface area contributed by atoms with E-state index in [2.05, 4.69) is 83.8 Å². The van der Waals surface area contributed by atoms with Crippen LogP contribution in [0.2, 0.25) is 0 Å². The Bertz CT molecular complexity index is 1330. The first-order valence-electron chi connectivity index (χ1n) is 9.97. The van der Waals surface area contributed by atoms with E-state index in [4.69, 9.17) is 4.98 Å². The first-order valence-corrected chi connectivity index (χ1v) is 9.97. The number of hydrogen-bond acceptors (Lipinski definition) is 1. The van der Waals surface area contributed by atoms with Crippen LogP contribution in [0.1, 0.15) is 17.5 Å². The normalized spacial score (nSPS) is 13.3. The van der Waals surface area contributed by atoms with Crippen LogP contribution in [0, 0.1) is 0 Å². The average molecular weight is 360 g/mol. The molecule has 0 amide bonds. The molecule has 5 aromatic rings. The number of nitrogens with one attached hydrogen (secondary N) is 1. The van der Waals surface area contributed by atoms with Crippen molar-refractivity contribution in [3.63, 3.8) is 0 Å². The van der Waals surface area contributed by atoms with Crippen LogP contribution in [-0.2, 0) is 12.8 Å². The number of aryl methyl sites for hydroxylation is 1. The number of nitrogens with zero attached hydrogens (tertiary/aromatic N) is 1. The number of fused-ring (bicyclic) bond motifs is 6. The van der Waals surface area contributed by atoms with Crippen LogP contribution in [0.15, 0.2) is 78.9 Å². The SMILES string of the molecule is c1ccc(-c2c3c(nc4ccccc24)-c2[nH]c4ccccc4c2CCC3)cc1. The van der Waals surface area contributed by atoms with Crippen LogP contribution in [0.3, 0.4) is 0 Å². The molecule has 1 aliphatic rings. The zero-order chi connectivity index (χ0) is 18.5. The van der Waals surface area contributed by atoms with E-state index in [0.717, 1.165) is 30.5 Å². The van der Waals surface area contributed by atoms with Crippen LogP contribution >= 0.6 is 0 Å². The van der Waals surface area contributed by atoms with Gasteiger partial charge in [-0.2, -0.15) is 0 Å². The molecular weight excluding hydrogens is 340 g/mol. The molecule has 2 nitrogen and oxygen atoms in total. The van der Waals surface area contributed by atoms with E-state index in [1.165, 1.54) is 44.2 Å². The summed E-state index contributed by atoms with van der Waals surface area (Å²) in [5.74, 6) is 0. The lowest BCUT2D eigenvalue weighted by atomic mass is 9.92. The van der Waals surface area contributed by atoms with Gasteiger partial charge in [-0.05, 0) is 53.6 Å². The molecule has 2 heteroatoms. The molecule has 2 heterocycles. The molecule has 0 atom stereocenters. The number of benzene rings is 3. The average Bonchev–Trinajstić information content (AvgIpc) is 3.03. The Morgan fingerprint density at radius 3 is 2.29 bits per heavy atom. The number of hydrogen-bond donors (Lipinski definition) is 1. The maximum absolute atomic E-state index is 5.17. The van der Waals surface area contributed by atoms with Crippen molar-refractivity contribution in [2.24, 2.45) is 0 Å². The Hall–Kier alpha value is -3.39. The first kappa shape index (κ1) is 15.6. The third-order valence-electron chi connectivity index (χ3n) is 5.96. The fraction of sp³-hybridized carbons (Fsp3) is 0.115. The van der Waals surface area contributed by atoms with E-state index in [-0.39, 0.29) is 0 Å². The third-order valence-corrected chi connectivity index (χ3v) is 5.96. The summed E-state index contributed by atoms with van der Waals surface area (Å²) < 4.78 is 0. The lowest BCUT2D eigenvalue weighted by molar-refractivity contribution is 0.839. The molecule has 0 spiro atoms. The molecule has 134 valence electrons. The molecule has 1 aliphatic carbocycles. The predicted molar refractivity (Wildman–Crippen MR) is 116 cm³/mol.